The predicted octanol–water partition coefficient (Wildman–Crippen LogP) is 0.653. The molecule has 1 atom stereocenters. The molecule has 1 aliphatic rings. The van der Waals surface area contributed by atoms with Crippen LogP contribution in [0.2, 0.25) is 0 Å². The zero-order valence-corrected chi connectivity index (χ0v) is 10.4. The van der Waals surface area contributed by atoms with Gasteiger partial charge in [0.1, 0.15) is 0 Å². The number of aliphatic hydroxyl groups is 1. The Kier molecular flexibility index (Phi) is 5.22. The molecule has 1 amide bonds. The van der Waals surface area contributed by atoms with Crippen LogP contribution >= 0.6 is 0 Å². The van der Waals surface area contributed by atoms with E-state index in [4.69, 9.17) is 0 Å². The molecular weight excluding hydrogens is 204 g/mol. The maximum atomic E-state index is 11.8. The van der Waals surface area contributed by atoms with E-state index in [0.717, 1.165) is 32.4 Å². The van der Waals surface area contributed by atoms with Gasteiger partial charge in [0.25, 0.3) is 0 Å². The van der Waals surface area contributed by atoms with Crippen LogP contribution in [0.15, 0.2) is 0 Å². The van der Waals surface area contributed by atoms with E-state index in [2.05, 4.69) is 10.6 Å². The lowest BCUT2D eigenvalue weighted by Gasteiger charge is -2.31. The van der Waals surface area contributed by atoms with Gasteiger partial charge >= 0.3 is 0 Å². The van der Waals surface area contributed by atoms with Gasteiger partial charge < -0.3 is 15.7 Å². The molecular formula is C12H24N2O2. The van der Waals surface area contributed by atoms with Gasteiger partial charge in [-0.2, -0.15) is 0 Å². The first-order valence-electron chi connectivity index (χ1n) is 6.28. The van der Waals surface area contributed by atoms with Crippen LogP contribution in [0.25, 0.3) is 0 Å². The van der Waals surface area contributed by atoms with Gasteiger partial charge in [-0.1, -0.05) is 13.8 Å². The molecule has 0 aromatic rings. The summed E-state index contributed by atoms with van der Waals surface area (Å²) < 4.78 is 0. The van der Waals surface area contributed by atoms with Crippen LogP contribution < -0.4 is 10.6 Å². The highest BCUT2D eigenvalue weighted by atomic mass is 16.3. The minimum absolute atomic E-state index is 0.0225. The van der Waals surface area contributed by atoms with E-state index in [9.17, 15) is 9.90 Å². The molecule has 1 unspecified atom stereocenters. The van der Waals surface area contributed by atoms with Crippen LogP contribution in [0.1, 0.15) is 39.5 Å². The van der Waals surface area contributed by atoms with Crippen molar-refractivity contribution >= 4 is 5.91 Å². The molecule has 0 saturated carbocycles. The molecule has 1 aliphatic heterocycles. The average Bonchev–Trinajstić information content (AvgIpc) is 2.79. The molecule has 3 N–H and O–H groups in total. The first-order chi connectivity index (χ1) is 7.65. The van der Waals surface area contributed by atoms with E-state index in [1.54, 1.807) is 0 Å². The number of hydrogen-bond acceptors (Lipinski definition) is 3. The number of aliphatic hydroxyl groups excluding tert-OH is 1. The molecule has 94 valence electrons. The van der Waals surface area contributed by atoms with Gasteiger partial charge in [0, 0.05) is 6.42 Å². The average molecular weight is 228 g/mol. The SMILES string of the molecule is CCC(CC)(CO)NC(=O)CC1CCNC1. The van der Waals surface area contributed by atoms with Crippen molar-refractivity contribution in [1.29, 1.82) is 0 Å². The summed E-state index contributed by atoms with van der Waals surface area (Å²) in [4.78, 5) is 11.8. The van der Waals surface area contributed by atoms with Crippen LogP contribution in [0.3, 0.4) is 0 Å². The van der Waals surface area contributed by atoms with E-state index < -0.39 is 5.54 Å². The normalized spacial score (nSPS) is 21.1. The molecule has 16 heavy (non-hydrogen) atoms. The Labute approximate surface area is 97.8 Å². The lowest BCUT2D eigenvalue weighted by atomic mass is 9.93. The minimum Gasteiger partial charge on any atom is -0.394 e. The molecule has 0 aromatic heterocycles. The summed E-state index contributed by atoms with van der Waals surface area (Å²) in [6.45, 7) is 5.98. The smallest absolute Gasteiger partial charge is 0.220 e. The highest BCUT2D eigenvalue weighted by Gasteiger charge is 2.28. The Morgan fingerprint density at radius 3 is 2.62 bits per heavy atom. The molecule has 1 saturated heterocycles. The van der Waals surface area contributed by atoms with Gasteiger partial charge in [-0.05, 0) is 38.3 Å². The van der Waals surface area contributed by atoms with Crippen molar-refractivity contribution in [3.05, 3.63) is 0 Å². The molecule has 1 rings (SSSR count). The third-order valence-electron chi connectivity index (χ3n) is 3.70. The number of nitrogens with one attached hydrogen (secondary N) is 2. The van der Waals surface area contributed by atoms with Gasteiger partial charge in [-0.25, -0.2) is 0 Å². The van der Waals surface area contributed by atoms with Crippen molar-refractivity contribution in [3.63, 3.8) is 0 Å². The zero-order valence-electron chi connectivity index (χ0n) is 10.4. The predicted molar refractivity (Wildman–Crippen MR) is 64.1 cm³/mol. The highest BCUT2D eigenvalue weighted by Crippen LogP contribution is 2.17. The maximum absolute atomic E-state index is 11.8. The highest BCUT2D eigenvalue weighted by molar-refractivity contribution is 5.77. The second kappa shape index (κ2) is 6.21. The fourth-order valence-corrected chi connectivity index (χ4v) is 2.19. The molecule has 4 nitrogen and oxygen atoms in total. The molecule has 0 spiro atoms. The summed E-state index contributed by atoms with van der Waals surface area (Å²) in [6.07, 6.45) is 3.20. The number of hydrogen-bond donors (Lipinski definition) is 3. The summed E-state index contributed by atoms with van der Waals surface area (Å²) in [6, 6.07) is 0. The standard InChI is InChI=1S/C12H24N2O2/c1-3-12(4-2,9-15)14-11(16)7-10-5-6-13-8-10/h10,13,15H,3-9H2,1-2H3,(H,14,16). The molecule has 1 heterocycles. The zero-order chi connectivity index (χ0) is 12.0. The van der Waals surface area contributed by atoms with E-state index >= 15 is 0 Å². The number of amides is 1. The lowest BCUT2D eigenvalue weighted by molar-refractivity contribution is -0.124. The second-order valence-corrected chi connectivity index (χ2v) is 4.76. The van der Waals surface area contributed by atoms with Crippen LogP contribution in [0.5, 0.6) is 0 Å². The maximum Gasteiger partial charge on any atom is 0.220 e. The molecule has 0 aliphatic carbocycles. The van der Waals surface area contributed by atoms with Gasteiger partial charge in [-0.15, -0.1) is 0 Å². The van der Waals surface area contributed by atoms with E-state index in [1.165, 1.54) is 0 Å². The summed E-state index contributed by atoms with van der Waals surface area (Å²) in [5.74, 6) is 0.538. The van der Waals surface area contributed by atoms with Gasteiger partial charge in [0.05, 0.1) is 12.1 Å². The Balaban J connectivity index is 2.41. The number of rotatable bonds is 6. The number of carbonyl (C=O) groups excluding carboxylic acids is 1. The molecule has 4 heteroatoms. The summed E-state index contributed by atoms with van der Waals surface area (Å²) in [5.41, 5.74) is -0.414. The summed E-state index contributed by atoms with van der Waals surface area (Å²) in [5, 5.41) is 15.6. The molecule has 0 radical (unpaired) electrons. The lowest BCUT2D eigenvalue weighted by Crippen LogP contribution is -2.50. The van der Waals surface area contributed by atoms with Crippen molar-refractivity contribution in [2.45, 2.75) is 45.1 Å². The van der Waals surface area contributed by atoms with E-state index in [0.29, 0.717) is 12.3 Å². The van der Waals surface area contributed by atoms with Gasteiger partial charge in [0.2, 0.25) is 5.91 Å². The van der Waals surface area contributed by atoms with Crippen LogP contribution in [0, 0.1) is 5.92 Å². The molecule has 0 bridgehead atoms. The van der Waals surface area contributed by atoms with Crippen LogP contribution in [-0.2, 0) is 4.79 Å². The fourth-order valence-electron chi connectivity index (χ4n) is 2.19. The van der Waals surface area contributed by atoms with Crippen molar-refractivity contribution < 1.29 is 9.90 Å². The van der Waals surface area contributed by atoms with E-state index in [-0.39, 0.29) is 12.5 Å². The summed E-state index contributed by atoms with van der Waals surface area (Å²) in [7, 11) is 0. The largest absolute Gasteiger partial charge is 0.394 e. The molecule has 0 aromatic carbocycles. The Hall–Kier alpha value is -0.610. The first kappa shape index (κ1) is 13.5. The Morgan fingerprint density at radius 2 is 2.19 bits per heavy atom. The number of carbonyl (C=O) groups is 1. The minimum atomic E-state index is -0.414. The molecule has 1 fully saturated rings. The van der Waals surface area contributed by atoms with Crippen molar-refractivity contribution in [3.8, 4) is 0 Å². The Morgan fingerprint density at radius 1 is 1.50 bits per heavy atom. The quantitative estimate of drug-likeness (QED) is 0.625. The van der Waals surface area contributed by atoms with Crippen LogP contribution in [-0.4, -0.2) is 36.2 Å². The fraction of sp³-hybridized carbons (Fsp3) is 0.917. The first-order valence-corrected chi connectivity index (χ1v) is 6.28. The third-order valence-corrected chi connectivity index (χ3v) is 3.70. The van der Waals surface area contributed by atoms with Crippen LogP contribution in [0.4, 0.5) is 0 Å². The van der Waals surface area contributed by atoms with Gasteiger partial charge in [-0.3, -0.25) is 4.79 Å². The summed E-state index contributed by atoms with van der Waals surface area (Å²) >= 11 is 0. The second-order valence-electron chi connectivity index (χ2n) is 4.76. The van der Waals surface area contributed by atoms with Crippen molar-refractivity contribution in [2.24, 2.45) is 5.92 Å². The third kappa shape index (κ3) is 3.46. The monoisotopic (exact) mass is 228 g/mol. The van der Waals surface area contributed by atoms with Crippen molar-refractivity contribution in [2.75, 3.05) is 19.7 Å². The van der Waals surface area contributed by atoms with E-state index in [1.807, 2.05) is 13.8 Å². The topological polar surface area (TPSA) is 61.4 Å². The van der Waals surface area contributed by atoms with Gasteiger partial charge in [0.15, 0.2) is 0 Å². The van der Waals surface area contributed by atoms with Crippen molar-refractivity contribution in [1.82, 2.24) is 10.6 Å². The Bertz CT molecular complexity index is 213.